The molecule has 0 bridgehead atoms. The number of aryl methyl sites for hydroxylation is 2. The second-order valence-electron chi connectivity index (χ2n) is 7.58. The number of benzene rings is 1. The first-order valence-corrected chi connectivity index (χ1v) is 11.2. The van der Waals surface area contributed by atoms with E-state index in [-0.39, 0.29) is 5.56 Å². The number of hydrogen-bond donors (Lipinski definition) is 0. The van der Waals surface area contributed by atoms with Gasteiger partial charge in [0, 0.05) is 18.0 Å². The van der Waals surface area contributed by atoms with E-state index in [1.807, 2.05) is 50.2 Å². The highest BCUT2D eigenvalue weighted by Crippen LogP contribution is 2.29. The second kappa shape index (κ2) is 8.47. The Labute approximate surface area is 188 Å². The maximum absolute atomic E-state index is 12.5. The molecule has 4 aromatic heterocycles. The Morgan fingerprint density at radius 3 is 2.66 bits per heavy atom. The summed E-state index contributed by atoms with van der Waals surface area (Å²) in [4.78, 5) is 17.2. The molecule has 0 aliphatic heterocycles. The molecule has 4 heterocycles. The largest absolute Gasteiger partial charge is 0.469 e. The fourth-order valence-electron chi connectivity index (χ4n) is 3.59. The molecule has 0 aliphatic rings. The van der Waals surface area contributed by atoms with Crippen LogP contribution >= 0.6 is 11.8 Å². The molecule has 0 unspecified atom stereocenters. The lowest BCUT2D eigenvalue weighted by Gasteiger charge is -2.10. The van der Waals surface area contributed by atoms with Crippen LogP contribution in [-0.2, 0) is 12.3 Å². The summed E-state index contributed by atoms with van der Waals surface area (Å²) in [6, 6.07) is 17.5. The molecule has 1 aromatic carbocycles. The van der Waals surface area contributed by atoms with E-state index in [1.54, 1.807) is 22.9 Å². The van der Waals surface area contributed by atoms with Gasteiger partial charge in [0.05, 0.1) is 24.1 Å². The van der Waals surface area contributed by atoms with Crippen LogP contribution in [-0.4, -0.2) is 24.1 Å². The summed E-state index contributed by atoms with van der Waals surface area (Å²) >= 11 is 1.51. The van der Waals surface area contributed by atoms with Crippen LogP contribution in [0.3, 0.4) is 0 Å². The topological polar surface area (TPSA) is 78.2 Å². The first-order valence-electron chi connectivity index (χ1n) is 10.2. The Kier molecular flexibility index (Phi) is 5.36. The standard InChI is InChI=1S/C24H21N5O2S/c1-16-8-10-28-21(12-16)25-19(13-22(28)30)15-32-24-27-26-23(20-9-11-31-17(20)2)29(24)14-18-6-4-3-5-7-18/h3-13H,14-15H2,1-2H3. The summed E-state index contributed by atoms with van der Waals surface area (Å²) in [6.45, 7) is 4.53. The number of hydrogen-bond acceptors (Lipinski definition) is 6. The molecule has 8 heteroatoms. The Balaban J connectivity index is 1.48. The van der Waals surface area contributed by atoms with Gasteiger partial charge in [-0.2, -0.15) is 0 Å². The van der Waals surface area contributed by atoms with E-state index in [2.05, 4.69) is 31.9 Å². The molecule has 0 saturated carbocycles. The first-order chi connectivity index (χ1) is 15.6. The Bertz CT molecular complexity index is 1450. The molecule has 7 nitrogen and oxygen atoms in total. The van der Waals surface area contributed by atoms with Crippen molar-refractivity contribution in [3.8, 4) is 11.4 Å². The predicted octanol–water partition coefficient (Wildman–Crippen LogP) is 4.50. The van der Waals surface area contributed by atoms with Crippen LogP contribution in [0.1, 0.15) is 22.6 Å². The zero-order valence-corrected chi connectivity index (χ0v) is 18.5. The predicted molar refractivity (Wildman–Crippen MR) is 124 cm³/mol. The van der Waals surface area contributed by atoms with Crippen molar-refractivity contribution in [1.82, 2.24) is 24.1 Å². The fraction of sp³-hybridized carbons (Fsp3) is 0.167. The number of nitrogens with zero attached hydrogens (tertiary/aromatic N) is 5. The summed E-state index contributed by atoms with van der Waals surface area (Å²) < 4.78 is 9.13. The van der Waals surface area contributed by atoms with Gasteiger partial charge < -0.3 is 4.42 Å². The number of furan rings is 1. The summed E-state index contributed by atoms with van der Waals surface area (Å²) in [5.74, 6) is 2.06. The fourth-order valence-corrected chi connectivity index (χ4v) is 4.42. The SMILES string of the molecule is Cc1ccn2c(=O)cc(CSc3nnc(-c4ccoc4C)n3Cc3ccccc3)nc2c1. The van der Waals surface area contributed by atoms with Crippen LogP contribution < -0.4 is 5.56 Å². The summed E-state index contributed by atoms with van der Waals surface area (Å²) in [5.41, 5.74) is 4.39. The Hall–Kier alpha value is -3.65. The van der Waals surface area contributed by atoms with Crippen LogP contribution in [0.5, 0.6) is 0 Å². The summed E-state index contributed by atoms with van der Waals surface area (Å²) in [6.07, 6.45) is 3.42. The third-order valence-corrected chi connectivity index (χ3v) is 6.23. The van der Waals surface area contributed by atoms with Gasteiger partial charge in [-0.05, 0) is 43.2 Å². The maximum atomic E-state index is 12.5. The Morgan fingerprint density at radius 1 is 1.03 bits per heavy atom. The normalized spacial score (nSPS) is 11.3. The molecule has 160 valence electrons. The van der Waals surface area contributed by atoms with E-state index in [4.69, 9.17) is 4.42 Å². The minimum atomic E-state index is -0.0916. The van der Waals surface area contributed by atoms with Gasteiger partial charge in [0.15, 0.2) is 11.0 Å². The second-order valence-corrected chi connectivity index (χ2v) is 8.52. The molecule has 0 atom stereocenters. The number of pyridine rings is 1. The van der Waals surface area contributed by atoms with Crippen molar-refractivity contribution in [2.75, 3.05) is 0 Å². The number of thioether (sulfide) groups is 1. The lowest BCUT2D eigenvalue weighted by Crippen LogP contribution is -2.15. The highest BCUT2D eigenvalue weighted by molar-refractivity contribution is 7.98. The van der Waals surface area contributed by atoms with E-state index < -0.39 is 0 Å². The first kappa shape index (κ1) is 20.3. The molecule has 0 N–H and O–H groups in total. The lowest BCUT2D eigenvalue weighted by atomic mass is 10.2. The van der Waals surface area contributed by atoms with E-state index in [0.29, 0.717) is 23.6 Å². The molecular weight excluding hydrogens is 422 g/mol. The number of rotatable bonds is 6. The average Bonchev–Trinajstić information content (AvgIpc) is 3.38. The van der Waals surface area contributed by atoms with Gasteiger partial charge in [0.2, 0.25) is 0 Å². The average molecular weight is 444 g/mol. The van der Waals surface area contributed by atoms with Crippen molar-refractivity contribution < 1.29 is 4.42 Å². The zero-order valence-electron chi connectivity index (χ0n) is 17.7. The smallest absolute Gasteiger partial charge is 0.258 e. The molecule has 0 aliphatic carbocycles. The van der Waals surface area contributed by atoms with Crippen LogP contribution in [0.2, 0.25) is 0 Å². The molecule has 0 spiro atoms. The molecule has 0 fully saturated rings. The third-order valence-electron chi connectivity index (χ3n) is 5.22. The van der Waals surface area contributed by atoms with Gasteiger partial charge in [0.1, 0.15) is 11.4 Å². The van der Waals surface area contributed by atoms with E-state index >= 15 is 0 Å². The molecular formula is C24H21N5O2S. The third kappa shape index (κ3) is 3.97. The van der Waals surface area contributed by atoms with Crippen LogP contribution in [0, 0.1) is 13.8 Å². The van der Waals surface area contributed by atoms with Crippen molar-refractivity contribution in [2.45, 2.75) is 31.3 Å². The van der Waals surface area contributed by atoms with Crippen molar-refractivity contribution in [3.05, 3.63) is 100.0 Å². The van der Waals surface area contributed by atoms with Crippen molar-refractivity contribution in [1.29, 1.82) is 0 Å². The number of aromatic nitrogens is 5. The van der Waals surface area contributed by atoms with Crippen molar-refractivity contribution >= 4 is 17.4 Å². The highest BCUT2D eigenvalue weighted by Gasteiger charge is 2.18. The zero-order chi connectivity index (χ0) is 22.1. The minimum absolute atomic E-state index is 0.0916. The van der Waals surface area contributed by atoms with E-state index in [9.17, 15) is 4.79 Å². The summed E-state index contributed by atoms with van der Waals surface area (Å²) in [5, 5.41) is 9.66. The van der Waals surface area contributed by atoms with Crippen LogP contribution in [0.25, 0.3) is 17.0 Å². The molecule has 32 heavy (non-hydrogen) atoms. The van der Waals surface area contributed by atoms with Crippen molar-refractivity contribution in [3.63, 3.8) is 0 Å². The van der Waals surface area contributed by atoms with E-state index in [0.717, 1.165) is 33.4 Å². The Morgan fingerprint density at radius 2 is 1.88 bits per heavy atom. The van der Waals surface area contributed by atoms with Crippen molar-refractivity contribution in [2.24, 2.45) is 0 Å². The molecule has 5 rings (SSSR count). The maximum Gasteiger partial charge on any atom is 0.258 e. The highest BCUT2D eigenvalue weighted by atomic mass is 32.2. The van der Waals surface area contributed by atoms with Crippen LogP contribution in [0.4, 0.5) is 0 Å². The minimum Gasteiger partial charge on any atom is -0.469 e. The monoisotopic (exact) mass is 443 g/mol. The molecule has 0 amide bonds. The van der Waals surface area contributed by atoms with Gasteiger partial charge in [-0.25, -0.2) is 4.98 Å². The lowest BCUT2D eigenvalue weighted by molar-refractivity contribution is 0.534. The molecule has 0 saturated heterocycles. The van der Waals surface area contributed by atoms with Gasteiger partial charge in [-0.3, -0.25) is 13.8 Å². The van der Waals surface area contributed by atoms with Gasteiger partial charge in [0.25, 0.3) is 5.56 Å². The quantitative estimate of drug-likeness (QED) is 0.360. The van der Waals surface area contributed by atoms with E-state index in [1.165, 1.54) is 11.8 Å². The number of fused-ring (bicyclic) bond motifs is 1. The van der Waals surface area contributed by atoms with Gasteiger partial charge in [-0.15, -0.1) is 10.2 Å². The van der Waals surface area contributed by atoms with Gasteiger partial charge in [-0.1, -0.05) is 42.1 Å². The summed E-state index contributed by atoms with van der Waals surface area (Å²) in [7, 11) is 0. The van der Waals surface area contributed by atoms with Gasteiger partial charge >= 0.3 is 0 Å². The van der Waals surface area contributed by atoms with Crippen LogP contribution in [0.15, 0.2) is 81.4 Å². The molecule has 5 aromatic rings. The molecule has 0 radical (unpaired) electrons.